The molecule has 0 aliphatic carbocycles. The first-order chi connectivity index (χ1) is 3.79. The minimum absolute atomic E-state index is 0.779. The van der Waals surface area contributed by atoms with Crippen molar-refractivity contribution in [3.63, 3.8) is 0 Å². The van der Waals surface area contributed by atoms with E-state index in [1.165, 1.54) is 5.06 Å². The number of nitrogens with zero attached hydrogens (tertiary/aromatic N) is 1. The molecule has 0 spiro atoms. The molecule has 8 heavy (non-hydrogen) atoms. The van der Waals surface area contributed by atoms with E-state index in [9.17, 15) is 4.57 Å². The van der Waals surface area contributed by atoms with Gasteiger partial charge in [0.15, 0.2) is 0 Å². The summed E-state index contributed by atoms with van der Waals surface area (Å²) in [6.07, 6.45) is 1.06. The van der Waals surface area contributed by atoms with Crippen molar-refractivity contribution >= 4 is 8.25 Å². The lowest BCUT2D eigenvalue weighted by Crippen LogP contribution is -2.34. The standard InChI is InChI=1S/C3H6NO3P/c5-8(6)7-4-2-1-3-4/h1-3H2/p+1. The van der Waals surface area contributed by atoms with Gasteiger partial charge in [-0.05, 0) is 11.0 Å². The van der Waals surface area contributed by atoms with Gasteiger partial charge in [-0.25, -0.2) is 0 Å². The molecule has 0 saturated carbocycles. The molecule has 1 saturated heterocycles. The van der Waals surface area contributed by atoms with Crippen LogP contribution < -0.4 is 0 Å². The zero-order chi connectivity index (χ0) is 5.98. The van der Waals surface area contributed by atoms with E-state index in [4.69, 9.17) is 4.89 Å². The van der Waals surface area contributed by atoms with Gasteiger partial charge in [-0.15, -0.1) is 9.96 Å². The highest BCUT2D eigenvalue weighted by molar-refractivity contribution is 7.32. The molecule has 0 amide bonds. The summed E-state index contributed by atoms with van der Waals surface area (Å²) in [6.45, 7) is 1.56. The van der Waals surface area contributed by atoms with Crippen LogP contribution in [0.5, 0.6) is 0 Å². The largest absolute Gasteiger partial charge is 0.713 e. The molecule has 1 heterocycles. The maximum atomic E-state index is 9.89. The molecule has 0 radical (unpaired) electrons. The zero-order valence-corrected chi connectivity index (χ0v) is 5.17. The molecule has 0 aromatic heterocycles. The molecule has 1 aliphatic rings. The van der Waals surface area contributed by atoms with Gasteiger partial charge >= 0.3 is 8.25 Å². The molecule has 0 bridgehead atoms. The maximum Gasteiger partial charge on any atom is 0.713 e. The van der Waals surface area contributed by atoms with Gasteiger partial charge in [0.1, 0.15) is 0 Å². The minimum atomic E-state index is -2.42. The van der Waals surface area contributed by atoms with E-state index < -0.39 is 8.25 Å². The normalized spacial score (nSPS) is 22.4. The molecule has 46 valence electrons. The third-order valence-corrected chi connectivity index (χ3v) is 1.37. The first kappa shape index (κ1) is 6.11. The second-order valence-corrected chi connectivity index (χ2v) is 2.24. The summed E-state index contributed by atoms with van der Waals surface area (Å²) < 4.78 is 14.3. The number of hydrogen-bond donors (Lipinski definition) is 1. The third-order valence-electron chi connectivity index (χ3n) is 1.00. The van der Waals surface area contributed by atoms with E-state index in [0.717, 1.165) is 19.5 Å². The molecule has 1 N–H and O–H groups in total. The van der Waals surface area contributed by atoms with Gasteiger partial charge in [0.2, 0.25) is 0 Å². The Morgan fingerprint density at radius 1 is 1.62 bits per heavy atom. The van der Waals surface area contributed by atoms with Crippen LogP contribution in [-0.4, -0.2) is 23.0 Å². The van der Waals surface area contributed by atoms with Crippen LogP contribution in [0.4, 0.5) is 0 Å². The van der Waals surface area contributed by atoms with Crippen molar-refractivity contribution in [2.75, 3.05) is 13.1 Å². The molecule has 1 rings (SSSR count). The van der Waals surface area contributed by atoms with Gasteiger partial charge in [0, 0.05) is 17.7 Å². The Labute approximate surface area is 48.0 Å². The minimum Gasteiger partial charge on any atom is -0.136 e. The third kappa shape index (κ3) is 1.49. The zero-order valence-electron chi connectivity index (χ0n) is 4.28. The number of hydroxylamine groups is 2. The summed E-state index contributed by atoms with van der Waals surface area (Å²) >= 11 is 0. The summed E-state index contributed by atoms with van der Waals surface area (Å²) in [6, 6.07) is 0. The molecule has 1 fully saturated rings. The quantitative estimate of drug-likeness (QED) is 0.553. The summed E-state index contributed by atoms with van der Waals surface area (Å²) in [5, 5.41) is 1.47. The first-order valence-electron chi connectivity index (χ1n) is 2.38. The van der Waals surface area contributed by atoms with Crippen LogP contribution >= 0.6 is 8.25 Å². The molecule has 1 aliphatic heterocycles. The molecule has 5 heteroatoms. The van der Waals surface area contributed by atoms with Crippen molar-refractivity contribution in [1.82, 2.24) is 5.06 Å². The Morgan fingerprint density at radius 2 is 2.25 bits per heavy atom. The van der Waals surface area contributed by atoms with Crippen LogP contribution in [0.25, 0.3) is 0 Å². The molecule has 4 nitrogen and oxygen atoms in total. The number of hydrogen-bond acceptors (Lipinski definition) is 3. The van der Waals surface area contributed by atoms with Crippen molar-refractivity contribution in [3.8, 4) is 0 Å². The first-order valence-corrected chi connectivity index (χ1v) is 3.51. The van der Waals surface area contributed by atoms with Gasteiger partial charge in [0.25, 0.3) is 0 Å². The SMILES string of the molecule is O=[P+](O)ON1CCC1. The van der Waals surface area contributed by atoms with Gasteiger partial charge in [-0.3, -0.25) is 0 Å². The molecular weight excluding hydrogens is 129 g/mol. The summed E-state index contributed by atoms with van der Waals surface area (Å²) in [4.78, 5) is 8.13. The van der Waals surface area contributed by atoms with Crippen LogP contribution in [0.1, 0.15) is 6.42 Å². The van der Waals surface area contributed by atoms with Crippen molar-refractivity contribution in [2.45, 2.75) is 6.42 Å². The second-order valence-electron chi connectivity index (χ2n) is 1.60. The Bertz CT molecular complexity index is 103. The smallest absolute Gasteiger partial charge is 0.136 e. The molecule has 1 atom stereocenters. The maximum absolute atomic E-state index is 9.89. The molecular formula is C3H7NO3P+. The lowest BCUT2D eigenvalue weighted by Gasteiger charge is -2.21. The fraction of sp³-hybridized carbons (Fsp3) is 1.00. The fourth-order valence-electron chi connectivity index (χ4n) is 0.468. The van der Waals surface area contributed by atoms with Crippen molar-refractivity contribution in [2.24, 2.45) is 0 Å². The Balaban J connectivity index is 2.09. The monoisotopic (exact) mass is 136 g/mol. The van der Waals surface area contributed by atoms with E-state index in [0.29, 0.717) is 0 Å². The van der Waals surface area contributed by atoms with E-state index in [1.807, 2.05) is 0 Å². The van der Waals surface area contributed by atoms with Gasteiger partial charge < -0.3 is 0 Å². The van der Waals surface area contributed by atoms with Crippen molar-refractivity contribution in [1.29, 1.82) is 0 Å². The predicted molar refractivity (Wildman–Crippen MR) is 27.1 cm³/mol. The van der Waals surface area contributed by atoms with Crippen LogP contribution in [-0.2, 0) is 9.19 Å². The van der Waals surface area contributed by atoms with E-state index in [2.05, 4.69) is 4.62 Å². The predicted octanol–water partition coefficient (Wildman–Crippen LogP) is 0.273. The molecule has 0 aromatic rings. The summed E-state index contributed by atoms with van der Waals surface area (Å²) in [5.74, 6) is 0. The molecule has 0 aromatic carbocycles. The van der Waals surface area contributed by atoms with Crippen LogP contribution in [0.15, 0.2) is 0 Å². The van der Waals surface area contributed by atoms with Gasteiger partial charge in [-0.1, -0.05) is 0 Å². The number of rotatable bonds is 2. The van der Waals surface area contributed by atoms with Crippen molar-refractivity contribution < 1.29 is 14.1 Å². The lowest BCUT2D eigenvalue weighted by atomic mass is 10.3. The summed E-state index contributed by atoms with van der Waals surface area (Å²) in [5.41, 5.74) is 0. The molecule has 1 unspecified atom stereocenters. The van der Waals surface area contributed by atoms with Crippen LogP contribution in [0, 0.1) is 0 Å². The van der Waals surface area contributed by atoms with Gasteiger partial charge in [0.05, 0.1) is 0 Å². The van der Waals surface area contributed by atoms with Crippen LogP contribution in [0.3, 0.4) is 0 Å². The average molecular weight is 136 g/mol. The van der Waals surface area contributed by atoms with E-state index >= 15 is 0 Å². The highest BCUT2D eigenvalue weighted by Crippen LogP contribution is 2.21. The van der Waals surface area contributed by atoms with E-state index in [-0.39, 0.29) is 0 Å². The summed E-state index contributed by atoms with van der Waals surface area (Å²) in [7, 11) is -2.42. The van der Waals surface area contributed by atoms with E-state index in [1.54, 1.807) is 0 Å². The lowest BCUT2D eigenvalue weighted by molar-refractivity contribution is -0.108. The highest BCUT2D eigenvalue weighted by Gasteiger charge is 2.25. The van der Waals surface area contributed by atoms with Gasteiger partial charge in [-0.2, -0.15) is 0 Å². The highest BCUT2D eigenvalue weighted by atomic mass is 31.1. The average Bonchev–Trinajstić information content (AvgIpc) is 1.55. The topological polar surface area (TPSA) is 49.8 Å². The Hall–Kier alpha value is -0.0200. The second kappa shape index (κ2) is 2.51. The Kier molecular flexibility index (Phi) is 1.91. The Morgan fingerprint density at radius 3 is 2.38 bits per heavy atom. The fourth-order valence-corrected chi connectivity index (χ4v) is 0.829. The van der Waals surface area contributed by atoms with Crippen LogP contribution in [0.2, 0.25) is 0 Å². The van der Waals surface area contributed by atoms with Crippen molar-refractivity contribution in [3.05, 3.63) is 0 Å².